The summed E-state index contributed by atoms with van der Waals surface area (Å²) in [5, 5.41) is 25.5. The quantitative estimate of drug-likeness (QED) is 0.630. The van der Waals surface area contributed by atoms with Crippen LogP contribution < -0.4 is 5.32 Å². The van der Waals surface area contributed by atoms with Gasteiger partial charge in [0, 0.05) is 29.6 Å². The molecular weight excluding hydrogens is 302 g/mol. The van der Waals surface area contributed by atoms with Crippen LogP contribution >= 0.6 is 0 Å². The molecule has 0 bridgehead atoms. The van der Waals surface area contributed by atoms with Crippen LogP contribution in [0.3, 0.4) is 0 Å². The molecule has 0 spiro atoms. The molecule has 1 aromatic rings. The normalized spacial score (nSPS) is 19.5. The second kappa shape index (κ2) is 5.58. The molecule has 1 aromatic carbocycles. The number of nitrogens with one attached hydrogen (secondary N) is 1. The van der Waals surface area contributed by atoms with E-state index < -0.39 is 25.7 Å². The molecule has 112 valence electrons. The number of nitro groups is 2. The van der Waals surface area contributed by atoms with Crippen molar-refractivity contribution in [3.63, 3.8) is 0 Å². The lowest BCUT2D eigenvalue weighted by Gasteiger charge is -2.09. The molecule has 1 heterocycles. The summed E-state index contributed by atoms with van der Waals surface area (Å²) in [6.07, 6.45) is 1.46. The van der Waals surface area contributed by atoms with Crippen molar-refractivity contribution in [2.45, 2.75) is 12.6 Å². The van der Waals surface area contributed by atoms with E-state index in [2.05, 4.69) is 5.32 Å². The van der Waals surface area contributed by atoms with Gasteiger partial charge in [-0.15, -0.1) is 0 Å². The van der Waals surface area contributed by atoms with Crippen LogP contribution in [0, 0.1) is 20.2 Å². The van der Waals surface area contributed by atoms with E-state index in [-0.39, 0.29) is 29.2 Å². The Morgan fingerprint density at radius 3 is 2.48 bits per heavy atom. The van der Waals surface area contributed by atoms with E-state index >= 15 is 0 Å². The predicted octanol–water partition coefficient (Wildman–Crippen LogP) is 0.903. The van der Waals surface area contributed by atoms with Gasteiger partial charge in [-0.05, 0) is 6.07 Å². The average Bonchev–Trinajstić information content (AvgIpc) is 2.75. The zero-order valence-corrected chi connectivity index (χ0v) is 11.4. The molecule has 1 unspecified atom stereocenters. The first-order valence-electron chi connectivity index (χ1n) is 5.84. The van der Waals surface area contributed by atoms with E-state index in [1.54, 1.807) is 0 Å². The number of rotatable bonds is 5. The molecule has 0 amide bonds. The highest BCUT2D eigenvalue weighted by atomic mass is 32.2. The summed E-state index contributed by atoms with van der Waals surface area (Å²) in [5.41, 5.74) is -0.487. The van der Waals surface area contributed by atoms with Gasteiger partial charge in [-0.25, -0.2) is 8.42 Å². The molecule has 0 saturated carbocycles. The van der Waals surface area contributed by atoms with Crippen molar-refractivity contribution in [2.75, 3.05) is 5.75 Å². The number of hydrogen-bond acceptors (Lipinski definition) is 7. The third-order valence-electron chi connectivity index (χ3n) is 2.96. The lowest BCUT2D eigenvalue weighted by molar-refractivity contribution is -0.394. The predicted molar refractivity (Wildman–Crippen MR) is 73.3 cm³/mol. The van der Waals surface area contributed by atoms with Gasteiger partial charge in [0.25, 0.3) is 11.4 Å². The van der Waals surface area contributed by atoms with Crippen LogP contribution in [-0.4, -0.2) is 30.1 Å². The van der Waals surface area contributed by atoms with Crippen molar-refractivity contribution in [1.82, 2.24) is 5.32 Å². The van der Waals surface area contributed by atoms with Crippen molar-refractivity contribution >= 4 is 21.2 Å². The van der Waals surface area contributed by atoms with Crippen molar-refractivity contribution in [3.05, 3.63) is 55.5 Å². The molecule has 0 saturated heterocycles. The molecule has 1 aliphatic rings. The lowest BCUT2D eigenvalue weighted by Crippen LogP contribution is -2.29. The molecule has 0 aromatic heterocycles. The summed E-state index contributed by atoms with van der Waals surface area (Å²) in [5.74, 6) is -0.103. The van der Waals surface area contributed by atoms with Gasteiger partial charge >= 0.3 is 0 Å². The molecule has 21 heavy (non-hydrogen) atoms. The van der Waals surface area contributed by atoms with Gasteiger partial charge in [-0.3, -0.25) is 20.2 Å². The van der Waals surface area contributed by atoms with E-state index in [1.165, 1.54) is 18.2 Å². The van der Waals surface area contributed by atoms with Gasteiger partial charge in [0.15, 0.2) is 9.84 Å². The molecule has 0 aliphatic carbocycles. The standard InChI is InChI=1S/C11H11N3O6S/c15-13(16)10-2-1-8(11(5-10)14(17)18)6-12-9-3-4-21(19,20)7-9/h1-5,9,12H,6-7H2. The van der Waals surface area contributed by atoms with E-state index in [0.29, 0.717) is 0 Å². The second-order valence-corrected chi connectivity index (χ2v) is 6.40. The summed E-state index contributed by atoms with van der Waals surface area (Å²) in [4.78, 5) is 20.1. The third kappa shape index (κ3) is 3.61. The molecule has 0 radical (unpaired) electrons. The van der Waals surface area contributed by atoms with Gasteiger partial charge in [0.05, 0.1) is 21.7 Å². The smallest absolute Gasteiger partial charge is 0.280 e. The van der Waals surface area contributed by atoms with E-state index in [9.17, 15) is 28.6 Å². The number of nitro benzene ring substituents is 2. The van der Waals surface area contributed by atoms with Crippen molar-refractivity contribution in [3.8, 4) is 0 Å². The maximum atomic E-state index is 11.2. The molecule has 2 rings (SSSR count). The van der Waals surface area contributed by atoms with Crippen molar-refractivity contribution in [1.29, 1.82) is 0 Å². The summed E-state index contributed by atoms with van der Waals surface area (Å²) in [7, 11) is -3.21. The Hall–Kier alpha value is -2.33. The molecule has 1 atom stereocenters. The summed E-state index contributed by atoms with van der Waals surface area (Å²) >= 11 is 0. The first-order chi connectivity index (χ1) is 9.78. The van der Waals surface area contributed by atoms with Gasteiger partial charge in [-0.2, -0.15) is 0 Å². The first-order valence-corrected chi connectivity index (χ1v) is 7.56. The number of hydrogen-bond donors (Lipinski definition) is 1. The number of non-ortho nitro benzene ring substituents is 1. The Morgan fingerprint density at radius 2 is 1.95 bits per heavy atom. The minimum absolute atomic E-state index is 0.0405. The van der Waals surface area contributed by atoms with Gasteiger partial charge in [-0.1, -0.05) is 6.08 Å². The highest BCUT2D eigenvalue weighted by Crippen LogP contribution is 2.24. The van der Waals surface area contributed by atoms with Crippen LogP contribution in [0.5, 0.6) is 0 Å². The molecule has 0 fully saturated rings. The van der Waals surface area contributed by atoms with Crippen LogP contribution in [0.4, 0.5) is 11.4 Å². The molecule has 1 N–H and O–H groups in total. The van der Waals surface area contributed by atoms with Crippen molar-refractivity contribution in [2.24, 2.45) is 0 Å². The van der Waals surface area contributed by atoms with Crippen LogP contribution in [0.25, 0.3) is 0 Å². The lowest BCUT2D eigenvalue weighted by atomic mass is 10.1. The third-order valence-corrected chi connectivity index (χ3v) is 4.36. The topological polar surface area (TPSA) is 132 Å². The SMILES string of the molecule is O=[N+]([O-])c1ccc(CNC2C=CS(=O)(=O)C2)c([N+](=O)[O-])c1. The maximum Gasteiger partial charge on any atom is 0.280 e. The molecule has 9 nitrogen and oxygen atoms in total. The van der Waals surface area contributed by atoms with Crippen LogP contribution in [-0.2, 0) is 16.4 Å². The highest BCUT2D eigenvalue weighted by molar-refractivity contribution is 7.94. The Kier molecular flexibility index (Phi) is 4.00. The van der Waals surface area contributed by atoms with E-state index in [4.69, 9.17) is 0 Å². The number of nitrogens with zero attached hydrogens (tertiary/aromatic N) is 2. The Morgan fingerprint density at radius 1 is 1.24 bits per heavy atom. The van der Waals surface area contributed by atoms with Gasteiger partial charge in [0.2, 0.25) is 0 Å². The fraction of sp³-hybridized carbons (Fsp3) is 0.273. The number of sulfone groups is 1. The minimum Gasteiger partial charge on any atom is -0.305 e. The van der Waals surface area contributed by atoms with Gasteiger partial charge < -0.3 is 5.32 Å². The summed E-state index contributed by atoms with van der Waals surface area (Å²) in [6, 6.07) is 2.92. The Labute approximate surface area is 119 Å². The summed E-state index contributed by atoms with van der Waals surface area (Å²) < 4.78 is 22.5. The first kappa shape index (κ1) is 15.1. The fourth-order valence-corrected chi connectivity index (χ4v) is 3.20. The fourth-order valence-electron chi connectivity index (χ4n) is 1.93. The van der Waals surface area contributed by atoms with Gasteiger partial charge in [0.1, 0.15) is 0 Å². The maximum absolute atomic E-state index is 11.2. The Bertz CT molecular complexity index is 727. The zero-order chi connectivity index (χ0) is 15.6. The molecule has 1 aliphatic heterocycles. The zero-order valence-electron chi connectivity index (χ0n) is 10.6. The van der Waals surface area contributed by atoms with E-state index in [0.717, 1.165) is 11.5 Å². The second-order valence-electron chi connectivity index (χ2n) is 4.47. The summed E-state index contributed by atoms with van der Waals surface area (Å²) in [6.45, 7) is 0.0405. The number of benzene rings is 1. The average molecular weight is 313 g/mol. The minimum atomic E-state index is -3.21. The largest absolute Gasteiger partial charge is 0.305 e. The highest BCUT2D eigenvalue weighted by Gasteiger charge is 2.23. The van der Waals surface area contributed by atoms with Crippen LogP contribution in [0.1, 0.15) is 5.56 Å². The molecule has 10 heteroatoms. The van der Waals surface area contributed by atoms with E-state index in [1.807, 2.05) is 0 Å². The van der Waals surface area contributed by atoms with Crippen LogP contribution in [0.2, 0.25) is 0 Å². The van der Waals surface area contributed by atoms with Crippen molar-refractivity contribution < 1.29 is 18.3 Å². The monoisotopic (exact) mass is 313 g/mol. The molecular formula is C11H11N3O6S. The van der Waals surface area contributed by atoms with Crippen LogP contribution in [0.15, 0.2) is 29.7 Å². The Balaban J connectivity index is 2.15.